The van der Waals surface area contributed by atoms with Crippen LogP contribution in [0.15, 0.2) is 30.5 Å². The highest BCUT2D eigenvalue weighted by Gasteiger charge is 2.18. The highest BCUT2D eigenvalue weighted by Crippen LogP contribution is 2.23. The van der Waals surface area contributed by atoms with Crippen LogP contribution >= 0.6 is 0 Å². The van der Waals surface area contributed by atoms with Crippen molar-refractivity contribution in [3.05, 3.63) is 53.5 Å². The van der Waals surface area contributed by atoms with Crippen LogP contribution in [0.25, 0.3) is 17.0 Å². The standard InChI is InChI=1S/C13H5F3N4/c14-9-3-2-8(11(15)12(9)16)13-18-10-4-1-7(5-17)6-20(10)19-13/h1-4,6H. The van der Waals surface area contributed by atoms with Crippen LogP contribution in [0.4, 0.5) is 13.2 Å². The summed E-state index contributed by atoms with van der Waals surface area (Å²) in [6.07, 6.45) is 1.41. The van der Waals surface area contributed by atoms with Crippen molar-refractivity contribution in [3.8, 4) is 17.5 Å². The van der Waals surface area contributed by atoms with E-state index in [1.54, 1.807) is 0 Å². The maximum atomic E-state index is 13.7. The molecule has 0 atom stereocenters. The Morgan fingerprint density at radius 3 is 2.60 bits per heavy atom. The molecule has 1 aromatic carbocycles. The van der Waals surface area contributed by atoms with Crippen molar-refractivity contribution in [1.29, 1.82) is 5.26 Å². The minimum atomic E-state index is -1.57. The van der Waals surface area contributed by atoms with E-state index in [-0.39, 0.29) is 11.4 Å². The summed E-state index contributed by atoms with van der Waals surface area (Å²) in [7, 11) is 0. The first-order valence-electron chi connectivity index (χ1n) is 5.50. The fourth-order valence-corrected chi connectivity index (χ4v) is 1.76. The van der Waals surface area contributed by atoms with Gasteiger partial charge in [0.2, 0.25) is 0 Å². The van der Waals surface area contributed by atoms with E-state index in [9.17, 15) is 13.2 Å². The fraction of sp³-hybridized carbons (Fsp3) is 0. The van der Waals surface area contributed by atoms with Gasteiger partial charge in [-0.25, -0.2) is 22.7 Å². The van der Waals surface area contributed by atoms with Gasteiger partial charge in [-0.1, -0.05) is 0 Å². The lowest BCUT2D eigenvalue weighted by molar-refractivity contribution is 0.448. The van der Waals surface area contributed by atoms with Crippen molar-refractivity contribution in [1.82, 2.24) is 14.6 Å². The van der Waals surface area contributed by atoms with Gasteiger partial charge in [-0.05, 0) is 24.3 Å². The predicted octanol–water partition coefficient (Wildman–Crippen LogP) is 2.69. The zero-order valence-electron chi connectivity index (χ0n) is 9.81. The first kappa shape index (κ1) is 12.2. The molecule has 0 saturated heterocycles. The van der Waals surface area contributed by atoms with Gasteiger partial charge in [-0.2, -0.15) is 5.26 Å². The van der Waals surface area contributed by atoms with Crippen LogP contribution in [-0.4, -0.2) is 14.6 Å². The molecular weight excluding hydrogens is 269 g/mol. The fourth-order valence-electron chi connectivity index (χ4n) is 1.76. The SMILES string of the molecule is N#Cc1ccc2nc(-c3ccc(F)c(F)c3F)nn2c1. The monoisotopic (exact) mass is 274 g/mol. The van der Waals surface area contributed by atoms with E-state index in [0.29, 0.717) is 11.2 Å². The largest absolute Gasteiger partial charge is 0.219 e. The maximum Gasteiger partial charge on any atom is 0.195 e. The molecule has 0 aliphatic rings. The lowest BCUT2D eigenvalue weighted by Gasteiger charge is -1.99. The molecule has 4 nitrogen and oxygen atoms in total. The maximum absolute atomic E-state index is 13.7. The molecule has 0 radical (unpaired) electrons. The van der Waals surface area contributed by atoms with Gasteiger partial charge in [0, 0.05) is 6.20 Å². The number of nitriles is 1. The summed E-state index contributed by atoms with van der Waals surface area (Å²) in [4.78, 5) is 4.00. The molecule has 2 heterocycles. The summed E-state index contributed by atoms with van der Waals surface area (Å²) in [6, 6.07) is 6.84. The van der Waals surface area contributed by atoms with Gasteiger partial charge in [-0.15, -0.1) is 5.10 Å². The second-order valence-electron chi connectivity index (χ2n) is 3.99. The number of pyridine rings is 1. The van der Waals surface area contributed by atoms with Crippen molar-refractivity contribution < 1.29 is 13.2 Å². The zero-order valence-corrected chi connectivity index (χ0v) is 9.81. The lowest BCUT2D eigenvalue weighted by atomic mass is 10.2. The number of nitrogens with zero attached hydrogens (tertiary/aromatic N) is 4. The lowest BCUT2D eigenvalue weighted by Crippen LogP contribution is -1.95. The number of benzene rings is 1. The molecule has 0 spiro atoms. The number of aromatic nitrogens is 3. The Bertz CT molecular complexity index is 864. The first-order chi connectivity index (χ1) is 9.60. The third-order valence-electron chi connectivity index (χ3n) is 2.74. The molecule has 0 aliphatic heterocycles. The minimum Gasteiger partial charge on any atom is -0.219 e. The molecule has 0 bridgehead atoms. The van der Waals surface area contributed by atoms with E-state index < -0.39 is 17.5 Å². The van der Waals surface area contributed by atoms with E-state index in [4.69, 9.17) is 5.26 Å². The molecule has 0 saturated carbocycles. The molecular formula is C13H5F3N4. The van der Waals surface area contributed by atoms with E-state index in [1.807, 2.05) is 6.07 Å². The first-order valence-corrected chi connectivity index (χ1v) is 5.50. The van der Waals surface area contributed by atoms with Crippen LogP contribution in [0.1, 0.15) is 5.56 Å². The Hall–Kier alpha value is -2.88. The zero-order chi connectivity index (χ0) is 14.3. The Balaban J connectivity index is 2.20. The van der Waals surface area contributed by atoms with E-state index in [1.165, 1.54) is 22.8 Å². The quantitative estimate of drug-likeness (QED) is 0.641. The number of hydrogen-bond donors (Lipinski definition) is 0. The number of fused-ring (bicyclic) bond motifs is 1. The van der Waals surface area contributed by atoms with Crippen LogP contribution in [0, 0.1) is 28.8 Å². The van der Waals surface area contributed by atoms with Crippen molar-refractivity contribution in [3.63, 3.8) is 0 Å². The molecule has 2 aromatic heterocycles. The van der Waals surface area contributed by atoms with Gasteiger partial charge < -0.3 is 0 Å². The number of hydrogen-bond acceptors (Lipinski definition) is 3. The van der Waals surface area contributed by atoms with Crippen LogP contribution in [0.3, 0.4) is 0 Å². The normalized spacial score (nSPS) is 10.7. The summed E-state index contributed by atoms with van der Waals surface area (Å²) >= 11 is 0. The third-order valence-corrected chi connectivity index (χ3v) is 2.74. The summed E-state index contributed by atoms with van der Waals surface area (Å²) in [5.74, 6) is -4.28. The van der Waals surface area contributed by atoms with Crippen LogP contribution < -0.4 is 0 Å². The van der Waals surface area contributed by atoms with Gasteiger partial charge in [0.05, 0.1) is 11.1 Å². The van der Waals surface area contributed by atoms with Crippen molar-refractivity contribution >= 4 is 5.65 Å². The van der Waals surface area contributed by atoms with Crippen molar-refractivity contribution in [2.24, 2.45) is 0 Å². The summed E-state index contributed by atoms with van der Waals surface area (Å²) in [6.45, 7) is 0. The van der Waals surface area contributed by atoms with Gasteiger partial charge >= 0.3 is 0 Å². The number of halogens is 3. The molecule has 0 aliphatic carbocycles. The van der Waals surface area contributed by atoms with Gasteiger partial charge in [0.15, 0.2) is 28.9 Å². The minimum absolute atomic E-state index is 0.0866. The van der Waals surface area contributed by atoms with E-state index >= 15 is 0 Å². The summed E-state index contributed by atoms with van der Waals surface area (Å²) < 4.78 is 41.0. The van der Waals surface area contributed by atoms with Crippen molar-refractivity contribution in [2.75, 3.05) is 0 Å². The molecule has 3 aromatic rings. The molecule has 3 rings (SSSR count). The molecule has 0 fully saturated rings. The average Bonchev–Trinajstić information content (AvgIpc) is 2.87. The number of rotatable bonds is 1. The highest BCUT2D eigenvalue weighted by molar-refractivity contribution is 5.59. The highest BCUT2D eigenvalue weighted by atomic mass is 19.2. The van der Waals surface area contributed by atoms with Crippen LogP contribution in [0.5, 0.6) is 0 Å². The van der Waals surface area contributed by atoms with Crippen LogP contribution in [-0.2, 0) is 0 Å². The summed E-state index contributed by atoms with van der Waals surface area (Å²) in [5, 5.41) is 12.7. The smallest absolute Gasteiger partial charge is 0.195 e. The predicted molar refractivity (Wildman–Crippen MR) is 63.0 cm³/mol. The van der Waals surface area contributed by atoms with Crippen LogP contribution in [0.2, 0.25) is 0 Å². The van der Waals surface area contributed by atoms with Gasteiger partial charge in [-0.3, -0.25) is 0 Å². The molecule has 0 amide bonds. The average molecular weight is 274 g/mol. The molecule has 7 heteroatoms. The van der Waals surface area contributed by atoms with Gasteiger partial charge in [0.25, 0.3) is 0 Å². The third kappa shape index (κ3) is 1.78. The Morgan fingerprint density at radius 2 is 1.85 bits per heavy atom. The Kier molecular flexibility index (Phi) is 2.64. The topological polar surface area (TPSA) is 54.0 Å². The second-order valence-corrected chi connectivity index (χ2v) is 3.99. The molecule has 20 heavy (non-hydrogen) atoms. The Labute approximate surface area is 110 Å². The molecule has 98 valence electrons. The van der Waals surface area contributed by atoms with Crippen molar-refractivity contribution in [2.45, 2.75) is 0 Å². The molecule has 0 N–H and O–H groups in total. The molecule has 0 unspecified atom stereocenters. The van der Waals surface area contributed by atoms with E-state index in [0.717, 1.165) is 12.1 Å². The van der Waals surface area contributed by atoms with E-state index in [2.05, 4.69) is 10.1 Å². The second kappa shape index (κ2) is 4.35. The van der Waals surface area contributed by atoms with Gasteiger partial charge in [0.1, 0.15) is 6.07 Å². The summed E-state index contributed by atoms with van der Waals surface area (Å²) in [5.41, 5.74) is 0.467. The Morgan fingerprint density at radius 1 is 1.05 bits per heavy atom.